The van der Waals surface area contributed by atoms with E-state index in [2.05, 4.69) is 28.1 Å². The highest BCUT2D eigenvalue weighted by Gasteiger charge is 2.29. The monoisotopic (exact) mass is 482 g/mol. The zero-order valence-corrected chi connectivity index (χ0v) is 20.5. The van der Waals surface area contributed by atoms with Gasteiger partial charge in [0, 0.05) is 34.8 Å². The van der Waals surface area contributed by atoms with Gasteiger partial charge in [-0.3, -0.25) is 10.1 Å². The molecule has 0 radical (unpaired) electrons. The van der Waals surface area contributed by atoms with Crippen molar-refractivity contribution in [3.8, 4) is 17.1 Å². The molecular weight excluding hydrogens is 456 g/mol. The Bertz CT molecular complexity index is 1310. The molecule has 0 saturated carbocycles. The van der Waals surface area contributed by atoms with Gasteiger partial charge in [0.15, 0.2) is 5.82 Å². The molecule has 172 valence electrons. The van der Waals surface area contributed by atoms with E-state index in [-0.39, 0.29) is 11.2 Å². The lowest BCUT2D eigenvalue weighted by atomic mass is 9.89. The summed E-state index contributed by atoms with van der Waals surface area (Å²) in [5.74, 6) is 0.777. The summed E-state index contributed by atoms with van der Waals surface area (Å²) in [5.41, 5.74) is 3.74. The molecule has 2 N–H and O–H groups in total. The van der Waals surface area contributed by atoms with Crippen LogP contribution in [0.15, 0.2) is 54.9 Å². The molecule has 3 aromatic heterocycles. The molecule has 0 bridgehead atoms. The zero-order chi connectivity index (χ0) is 23.6. The van der Waals surface area contributed by atoms with Gasteiger partial charge >= 0.3 is 0 Å². The van der Waals surface area contributed by atoms with Gasteiger partial charge in [0.2, 0.25) is 5.28 Å². The number of rotatable bonds is 8. The van der Waals surface area contributed by atoms with Crippen LogP contribution in [0, 0.1) is 0 Å². The maximum atomic E-state index is 12.0. The molecule has 9 heteroatoms. The van der Waals surface area contributed by atoms with Crippen LogP contribution >= 0.6 is 11.6 Å². The number of aromatic nitrogens is 5. The summed E-state index contributed by atoms with van der Waals surface area (Å²) in [6.45, 7) is 6.05. The number of halogens is 1. The average Bonchev–Trinajstić information content (AvgIpc) is 3.22. The van der Waals surface area contributed by atoms with Crippen LogP contribution in [-0.2, 0) is 11.0 Å². The van der Waals surface area contributed by atoms with Crippen molar-refractivity contribution in [2.45, 2.75) is 50.7 Å². The maximum Gasteiger partial charge on any atom is 0.224 e. The number of nitrogens with two attached hydrogens (primary N) is 1. The Labute approximate surface area is 201 Å². The molecule has 0 fully saturated rings. The van der Waals surface area contributed by atoms with Crippen LogP contribution in [0.3, 0.4) is 0 Å². The smallest absolute Gasteiger partial charge is 0.224 e. The molecule has 0 amide bonds. The van der Waals surface area contributed by atoms with Crippen molar-refractivity contribution in [1.82, 2.24) is 24.7 Å². The summed E-state index contributed by atoms with van der Waals surface area (Å²) in [6, 6.07) is 14.0. The molecule has 0 saturated heterocycles. The highest BCUT2D eigenvalue weighted by molar-refractivity contribution is 7.84. The number of pyridine rings is 1. The lowest BCUT2D eigenvalue weighted by Crippen LogP contribution is -2.33. The third-order valence-electron chi connectivity index (χ3n) is 5.80. The lowest BCUT2D eigenvalue weighted by Gasteiger charge is -2.27. The van der Waals surface area contributed by atoms with E-state index in [9.17, 15) is 4.21 Å². The first-order valence-electron chi connectivity index (χ1n) is 10.9. The average molecular weight is 483 g/mol. The van der Waals surface area contributed by atoms with E-state index in [0.29, 0.717) is 12.2 Å². The van der Waals surface area contributed by atoms with E-state index in [0.717, 1.165) is 40.7 Å². The van der Waals surface area contributed by atoms with Crippen molar-refractivity contribution >= 4 is 33.5 Å². The van der Waals surface area contributed by atoms with Crippen molar-refractivity contribution in [3.63, 3.8) is 0 Å². The number of benzene rings is 1. The van der Waals surface area contributed by atoms with Crippen LogP contribution in [0.4, 0.5) is 0 Å². The first kappa shape index (κ1) is 23.5. The van der Waals surface area contributed by atoms with Gasteiger partial charge < -0.3 is 0 Å². The fraction of sp³-hybridized carbons (Fsp3) is 0.333. The Morgan fingerprint density at radius 3 is 2.73 bits per heavy atom. The zero-order valence-electron chi connectivity index (χ0n) is 18.9. The van der Waals surface area contributed by atoms with Crippen LogP contribution < -0.4 is 5.14 Å². The van der Waals surface area contributed by atoms with Gasteiger partial charge in [0.1, 0.15) is 0 Å². The summed E-state index contributed by atoms with van der Waals surface area (Å²) in [4.78, 5) is 13.2. The number of fused-ring (bicyclic) bond motifs is 1. The molecule has 0 aliphatic carbocycles. The molecule has 1 unspecified atom stereocenters. The van der Waals surface area contributed by atoms with E-state index in [1.165, 1.54) is 0 Å². The Morgan fingerprint density at radius 2 is 2.00 bits per heavy atom. The van der Waals surface area contributed by atoms with Crippen LogP contribution in [-0.4, -0.2) is 33.7 Å². The van der Waals surface area contributed by atoms with Crippen LogP contribution in [0.2, 0.25) is 5.28 Å². The van der Waals surface area contributed by atoms with E-state index in [1.807, 2.05) is 44.2 Å². The summed E-state index contributed by atoms with van der Waals surface area (Å²) < 4.78 is 13.3. The maximum absolute atomic E-state index is 12.0. The quantitative estimate of drug-likeness (QED) is 0.347. The van der Waals surface area contributed by atoms with Gasteiger partial charge in [-0.1, -0.05) is 31.5 Å². The van der Waals surface area contributed by atoms with E-state index in [1.54, 1.807) is 23.1 Å². The van der Waals surface area contributed by atoms with Crippen molar-refractivity contribution in [1.29, 1.82) is 0 Å². The number of nitrogens with zero attached hydrogens (tertiary/aromatic N) is 5. The van der Waals surface area contributed by atoms with Gasteiger partial charge in [-0.15, -0.1) is 0 Å². The first-order chi connectivity index (χ1) is 15.8. The topological polar surface area (TPSA) is 99.6 Å². The summed E-state index contributed by atoms with van der Waals surface area (Å²) in [6.07, 6.45) is 6.08. The predicted octanol–water partition coefficient (Wildman–Crippen LogP) is 5.21. The van der Waals surface area contributed by atoms with Crippen molar-refractivity contribution in [2.75, 3.05) is 0 Å². The number of hydrogen-bond acceptors (Lipinski definition) is 5. The molecule has 4 rings (SSSR count). The predicted molar refractivity (Wildman–Crippen MR) is 134 cm³/mol. The molecule has 2 atom stereocenters. The molecule has 33 heavy (non-hydrogen) atoms. The van der Waals surface area contributed by atoms with Gasteiger partial charge in [-0.2, -0.15) is 10.1 Å². The minimum atomic E-state index is -1.41. The van der Waals surface area contributed by atoms with Crippen LogP contribution in [0.5, 0.6) is 0 Å². The molecule has 0 spiro atoms. The molecule has 4 aromatic rings. The van der Waals surface area contributed by atoms with Gasteiger partial charge in [0.05, 0.1) is 33.1 Å². The van der Waals surface area contributed by atoms with E-state index in [4.69, 9.17) is 21.7 Å². The minimum Gasteiger partial charge on any atom is -0.253 e. The standard InChI is InChI=1S/C24H27ClN6OS/c1-4-6-17(14-24(2,3)33(26)32)20-8-5-7-19(29-20)16-9-10-18-15-28-31(21(18)13-16)22-11-12-27-23(25)30-22/h5,7-13,15,17H,4,6,14,26H2,1-3H3/t17-,33?/m0/s1. The Kier molecular flexibility index (Phi) is 6.88. The molecule has 0 aliphatic rings. The molecule has 3 heterocycles. The normalized spacial score (nSPS) is 13.8. The van der Waals surface area contributed by atoms with Crippen molar-refractivity contribution < 1.29 is 4.21 Å². The van der Waals surface area contributed by atoms with E-state index >= 15 is 0 Å². The summed E-state index contributed by atoms with van der Waals surface area (Å²) >= 11 is 5.98. The SMILES string of the molecule is CCC[C@@H](CC(C)(C)S(N)=O)c1cccc(-c2ccc3cnn(-c4ccnc(Cl)n4)c3c2)n1. The second kappa shape index (κ2) is 9.67. The fourth-order valence-corrected chi connectivity index (χ4v) is 4.53. The molecule has 1 aromatic carbocycles. The lowest BCUT2D eigenvalue weighted by molar-refractivity contribution is 0.482. The fourth-order valence-electron chi connectivity index (χ4n) is 4.02. The first-order valence-corrected chi connectivity index (χ1v) is 12.5. The van der Waals surface area contributed by atoms with Gasteiger partial charge in [-0.25, -0.2) is 13.9 Å². The third kappa shape index (κ3) is 5.13. The largest absolute Gasteiger partial charge is 0.253 e. The van der Waals surface area contributed by atoms with Crippen LogP contribution in [0.1, 0.15) is 51.6 Å². The third-order valence-corrected chi connectivity index (χ3v) is 7.24. The van der Waals surface area contributed by atoms with Crippen LogP contribution in [0.25, 0.3) is 28.0 Å². The number of hydrogen-bond donors (Lipinski definition) is 1. The second-order valence-corrected chi connectivity index (χ2v) is 10.7. The molecular formula is C24H27ClN6OS. The highest BCUT2D eigenvalue weighted by Crippen LogP contribution is 2.33. The van der Waals surface area contributed by atoms with E-state index < -0.39 is 15.7 Å². The highest BCUT2D eigenvalue weighted by atomic mass is 35.5. The summed E-state index contributed by atoms with van der Waals surface area (Å²) in [5, 5.41) is 11.4. The van der Waals surface area contributed by atoms with Gasteiger partial charge in [-0.05, 0) is 56.5 Å². The Balaban J connectivity index is 1.72. The molecule has 0 aliphatic heterocycles. The molecule has 7 nitrogen and oxygen atoms in total. The Hall–Kier alpha value is -2.68. The van der Waals surface area contributed by atoms with Crippen molar-refractivity contribution in [3.05, 3.63) is 65.8 Å². The van der Waals surface area contributed by atoms with Gasteiger partial charge in [0.25, 0.3) is 0 Å². The Morgan fingerprint density at radius 1 is 1.18 bits per heavy atom. The second-order valence-electron chi connectivity index (χ2n) is 8.71. The van der Waals surface area contributed by atoms with Crippen molar-refractivity contribution in [2.24, 2.45) is 5.14 Å². The minimum absolute atomic E-state index is 0.171. The summed E-state index contributed by atoms with van der Waals surface area (Å²) in [7, 11) is -1.41.